The summed E-state index contributed by atoms with van der Waals surface area (Å²) in [5.74, 6) is 1.67. The topological polar surface area (TPSA) is 81.9 Å². The number of carbonyl (C=O) groups excluding carboxylic acids is 1. The predicted molar refractivity (Wildman–Crippen MR) is 112 cm³/mol. The first-order chi connectivity index (χ1) is 13.6. The highest BCUT2D eigenvalue weighted by Crippen LogP contribution is 2.20. The summed E-state index contributed by atoms with van der Waals surface area (Å²) in [4.78, 5) is 16.4. The van der Waals surface area contributed by atoms with Crippen LogP contribution >= 0.6 is 23.1 Å². The number of amides is 1. The van der Waals surface area contributed by atoms with Crippen LogP contribution in [-0.2, 0) is 24.4 Å². The van der Waals surface area contributed by atoms with Crippen molar-refractivity contribution < 1.29 is 9.53 Å². The molecule has 148 valence electrons. The molecular weight excluding hydrogens is 394 g/mol. The lowest BCUT2D eigenvalue weighted by Crippen LogP contribution is -2.14. The predicted octanol–water partition coefficient (Wildman–Crippen LogP) is 3.94. The van der Waals surface area contributed by atoms with Gasteiger partial charge in [0.1, 0.15) is 12.4 Å². The zero-order chi connectivity index (χ0) is 19.9. The van der Waals surface area contributed by atoms with E-state index in [9.17, 15) is 4.79 Å². The molecule has 1 aromatic carbocycles. The third-order valence-corrected chi connectivity index (χ3v) is 5.85. The van der Waals surface area contributed by atoms with Crippen molar-refractivity contribution in [1.82, 2.24) is 19.7 Å². The lowest BCUT2D eigenvalue weighted by atomic mass is 10.2. The monoisotopic (exact) mass is 417 g/mol. The molecule has 3 aromatic rings. The maximum Gasteiger partial charge on any atom is 0.236 e. The summed E-state index contributed by atoms with van der Waals surface area (Å²) in [5.41, 5.74) is 2.17. The number of aromatic nitrogens is 4. The number of aryl methyl sites for hydroxylation is 2. The fourth-order valence-corrected chi connectivity index (χ4v) is 4.04. The maximum atomic E-state index is 12.1. The number of ether oxygens (including phenoxy) is 1. The molecule has 9 heteroatoms. The molecule has 1 N–H and O–H groups in total. The second-order valence-corrected chi connectivity index (χ2v) is 7.86. The van der Waals surface area contributed by atoms with Crippen LogP contribution in [0.25, 0.3) is 0 Å². The SMILES string of the molecule is CCc1ccc(OCc2nnc(SCC(=O)Nc3nc(C)cs3)n2CC)cc1. The van der Waals surface area contributed by atoms with E-state index >= 15 is 0 Å². The van der Waals surface area contributed by atoms with Crippen molar-refractivity contribution in [3.8, 4) is 5.75 Å². The van der Waals surface area contributed by atoms with E-state index in [2.05, 4.69) is 39.6 Å². The summed E-state index contributed by atoms with van der Waals surface area (Å²) in [6.07, 6.45) is 1.00. The molecule has 3 rings (SSSR count). The molecule has 0 saturated carbocycles. The lowest BCUT2D eigenvalue weighted by molar-refractivity contribution is -0.113. The highest BCUT2D eigenvalue weighted by molar-refractivity contribution is 7.99. The van der Waals surface area contributed by atoms with Gasteiger partial charge in [0.2, 0.25) is 5.91 Å². The van der Waals surface area contributed by atoms with Gasteiger partial charge in [-0.25, -0.2) is 4.98 Å². The molecular formula is C19H23N5O2S2. The number of hydrogen-bond donors (Lipinski definition) is 1. The Morgan fingerprint density at radius 3 is 2.68 bits per heavy atom. The van der Waals surface area contributed by atoms with Gasteiger partial charge in [-0.15, -0.1) is 21.5 Å². The number of thioether (sulfide) groups is 1. The minimum absolute atomic E-state index is 0.112. The van der Waals surface area contributed by atoms with Crippen LogP contribution in [0, 0.1) is 6.92 Å². The molecule has 28 heavy (non-hydrogen) atoms. The first-order valence-corrected chi connectivity index (χ1v) is 10.9. The standard InChI is InChI=1S/C19H23N5O2S2/c1-4-14-6-8-15(9-7-14)26-10-16-22-23-19(24(16)5-2)28-12-17(25)21-18-20-13(3)11-27-18/h6-9,11H,4-5,10,12H2,1-3H3,(H,20,21,25). The molecule has 2 aromatic heterocycles. The first kappa shape index (κ1) is 20.3. The lowest BCUT2D eigenvalue weighted by Gasteiger charge is -2.09. The van der Waals surface area contributed by atoms with E-state index in [1.165, 1.54) is 28.7 Å². The Morgan fingerprint density at radius 1 is 1.25 bits per heavy atom. The summed E-state index contributed by atoms with van der Waals surface area (Å²) < 4.78 is 7.80. The molecule has 0 aliphatic rings. The van der Waals surface area contributed by atoms with Crippen molar-refractivity contribution in [2.75, 3.05) is 11.1 Å². The van der Waals surface area contributed by atoms with Gasteiger partial charge in [-0.05, 0) is 38.0 Å². The molecule has 0 aliphatic heterocycles. The average molecular weight is 418 g/mol. The Balaban J connectivity index is 1.55. The zero-order valence-electron chi connectivity index (χ0n) is 16.1. The largest absolute Gasteiger partial charge is 0.486 e. The second-order valence-electron chi connectivity index (χ2n) is 6.06. The van der Waals surface area contributed by atoms with Crippen LogP contribution in [0.15, 0.2) is 34.8 Å². The molecule has 1 amide bonds. The normalized spacial score (nSPS) is 10.8. The van der Waals surface area contributed by atoms with Gasteiger partial charge in [0.05, 0.1) is 11.4 Å². The third-order valence-electron chi connectivity index (χ3n) is 4.01. The van der Waals surface area contributed by atoms with Crippen LogP contribution < -0.4 is 10.1 Å². The number of anilines is 1. The minimum atomic E-state index is -0.112. The average Bonchev–Trinajstić information content (AvgIpc) is 3.30. The van der Waals surface area contributed by atoms with E-state index in [1.807, 2.05) is 35.9 Å². The molecule has 0 fully saturated rings. The number of nitrogens with one attached hydrogen (secondary N) is 1. The van der Waals surface area contributed by atoms with E-state index < -0.39 is 0 Å². The number of benzene rings is 1. The van der Waals surface area contributed by atoms with Gasteiger partial charge in [-0.1, -0.05) is 30.8 Å². The van der Waals surface area contributed by atoms with Crippen LogP contribution in [0.1, 0.15) is 30.9 Å². The summed E-state index contributed by atoms with van der Waals surface area (Å²) in [6, 6.07) is 8.05. The van der Waals surface area contributed by atoms with Crippen LogP contribution in [0.5, 0.6) is 5.75 Å². The van der Waals surface area contributed by atoms with E-state index in [0.29, 0.717) is 23.4 Å². The van der Waals surface area contributed by atoms with Crippen LogP contribution in [0.3, 0.4) is 0 Å². The molecule has 0 spiro atoms. The Bertz CT molecular complexity index is 921. The Kier molecular flexibility index (Phi) is 7.05. The van der Waals surface area contributed by atoms with Gasteiger partial charge in [0, 0.05) is 11.9 Å². The summed E-state index contributed by atoms with van der Waals surface area (Å²) in [5, 5.41) is 14.5. The second kappa shape index (κ2) is 9.70. The molecule has 0 atom stereocenters. The molecule has 0 aliphatic carbocycles. The number of hydrogen-bond acceptors (Lipinski definition) is 7. The van der Waals surface area contributed by atoms with Gasteiger partial charge in [0.15, 0.2) is 16.1 Å². The van der Waals surface area contributed by atoms with Crippen molar-refractivity contribution in [2.24, 2.45) is 0 Å². The molecule has 0 unspecified atom stereocenters. The van der Waals surface area contributed by atoms with Gasteiger partial charge in [0.25, 0.3) is 0 Å². The van der Waals surface area contributed by atoms with Gasteiger partial charge in [-0.3, -0.25) is 4.79 Å². The van der Waals surface area contributed by atoms with E-state index in [1.54, 1.807) is 0 Å². The number of thiazole rings is 1. The van der Waals surface area contributed by atoms with E-state index in [4.69, 9.17) is 4.74 Å². The minimum Gasteiger partial charge on any atom is -0.486 e. The van der Waals surface area contributed by atoms with Crippen molar-refractivity contribution >= 4 is 34.1 Å². The van der Waals surface area contributed by atoms with Crippen molar-refractivity contribution in [1.29, 1.82) is 0 Å². The maximum absolute atomic E-state index is 12.1. The quantitative estimate of drug-likeness (QED) is 0.531. The Hall–Kier alpha value is -2.39. The van der Waals surface area contributed by atoms with Crippen molar-refractivity contribution in [2.45, 2.75) is 45.5 Å². The van der Waals surface area contributed by atoms with Crippen LogP contribution in [0.4, 0.5) is 5.13 Å². The molecule has 0 saturated heterocycles. The molecule has 0 bridgehead atoms. The fourth-order valence-electron chi connectivity index (χ4n) is 2.52. The zero-order valence-corrected chi connectivity index (χ0v) is 17.8. The van der Waals surface area contributed by atoms with Gasteiger partial charge >= 0.3 is 0 Å². The highest BCUT2D eigenvalue weighted by Gasteiger charge is 2.14. The smallest absolute Gasteiger partial charge is 0.236 e. The number of rotatable bonds is 9. The van der Waals surface area contributed by atoms with Crippen LogP contribution in [-0.4, -0.2) is 31.4 Å². The molecule has 0 radical (unpaired) electrons. The molecule has 7 nitrogen and oxygen atoms in total. The Labute approximate surface area is 172 Å². The Morgan fingerprint density at radius 2 is 2.04 bits per heavy atom. The van der Waals surface area contributed by atoms with Crippen molar-refractivity contribution in [3.63, 3.8) is 0 Å². The fraction of sp³-hybridized carbons (Fsp3) is 0.368. The van der Waals surface area contributed by atoms with E-state index in [0.717, 1.165) is 23.7 Å². The van der Waals surface area contributed by atoms with Crippen LogP contribution in [0.2, 0.25) is 0 Å². The first-order valence-electron chi connectivity index (χ1n) is 9.07. The number of nitrogens with zero attached hydrogens (tertiary/aromatic N) is 4. The number of carbonyl (C=O) groups is 1. The summed E-state index contributed by atoms with van der Waals surface area (Å²) in [6.45, 7) is 7.07. The summed E-state index contributed by atoms with van der Waals surface area (Å²) in [7, 11) is 0. The third kappa shape index (κ3) is 5.32. The van der Waals surface area contributed by atoms with E-state index in [-0.39, 0.29) is 11.7 Å². The van der Waals surface area contributed by atoms with Crippen molar-refractivity contribution in [3.05, 3.63) is 46.7 Å². The van der Waals surface area contributed by atoms with Gasteiger partial charge < -0.3 is 14.6 Å². The molecule has 2 heterocycles. The summed E-state index contributed by atoms with van der Waals surface area (Å²) >= 11 is 2.77. The highest BCUT2D eigenvalue weighted by atomic mass is 32.2. The van der Waals surface area contributed by atoms with Gasteiger partial charge in [-0.2, -0.15) is 0 Å².